The Morgan fingerprint density at radius 2 is 2.10 bits per heavy atom. The van der Waals surface area contributed by atoms with Gasteiger partial charge in [0.15, 0.2) is 5.13 Å². The number of furan rings is 1. The van der Waals surface area contributed by atoms with E-state index >= 15 is 0 Å². The molecule has 0 spiro atoms. The maximum Gasteiger partial charge on any atom is 0.268 e. The Morgan fingerprint density at radius 1 is 1.21 bits per heavy atom. The summed E-state index contributed by atoms with van der Waals surface area (Å²) in [5, 5.41) is 16.9. The lowest BCUT2D eigenvalue weighted by Crippen LogP contribution is -2.13. The van der Waals surface area contributed by atoms with E-state index in [0.29, 0.717) is 21.7 Å². The Morgan fingerprint density at radius 3 is 2.86 bits per heavy atom. The molecule has 0 unspecified atom stereocenters. The van der Waals surface area contributed by atoms with Crippen molar-refractivity contribution in [2.24, 2.45) is 0 Å². The number of halogens is 1. The van der Waals surface area contributed by atoms with Gasteiger partial charge < -0.3 is 4.42 Å². The molecule has 0 radical (unpaired) electrons. The standard InChI is InChI=1S/C21H12ClN3O2S2/c22-15-4-1-3-13(9-15)18-7-6-16(27-18)10-14(11-23)20(26)25-21-24-17(12-29-21)19-5-2-8-28-19/h1-10,12H,(H,24,25,26). The van der Waals surface area contributed by atoms with Crippen molar-refractivity contribution in [2.75, 3.05) is 5.32 Å². The van der Waals surface area contributed by atoms with Gasteiger partial charge in [-0.2, -0.15) is 5.26 Å². The Balaban J connectivity index is 1.51. The van der Waals surface area contributed by atoms with E-state index in [1.165, 1.54) is 17.4 Å². The summed E-state index contributed by atoms with van der Waals surface area (Å²) in [5.74, 6) is 0.447. The van der Waals surface area contributed by atoms with Crippen molar-refractivity contribution in [1.29, 1.82) is 5.26 Å². The highest BCUT2D eigenvalue weighted by Crippen LogP contribution is 2.29. The van der Waals surface area contributed by atoms with Gasteiger partial charge in [-0.3, -0.25) is 10.1 Å². The van der Waals surface area contributed by atoms with E-state index in [0.717, 1.165) is 16.1 Å². The van der Waals surface area contributed by atoms with Gasteiger partial charge in [-0.05, 0) is 35.7 Å². The Labute approximate surface area is 179 Å². The number of nitriles is 1. The van der Waals surface area contributed by atoms with Gasteiger partial charge in [0.2, 0.25) is 0 Å². The number of hydrogen-bond donors (Lipinski definition) is 1. The van der Waals surface area contributed by atoms with Crippen molar-refractivity contribution in [3.8, 4) is 28.0 Å². The molecule has 0 aliphatic rings. The number of nitrogens with zero attached hydrogens (tertiary/aromatic N) is 2. The molecule has 142 valence electrons. The van der Waals surface area contributed by atoms with E-state index in [4.69, 9.17) is 16.0 Å². The first-order valence-electron chi connectivity index (χ1n) is 8.41. The highest BCUT2D eigenvalue weighted by molar-refractivity contribution is 7.16. The van der Waals surface area contributed by atoms with Gasteiger partial charge in [0.1, 0.15) is 23.2 Å². The van der Waals surface area contributed by atoms with Crippen LogP contribution < -0.4 is 5.32 Å². The van der Waals surface area contributed by atoms with Crippen molar-refractivity contribution in [3.63, 3.8) is 0 Å². The summed E-state index contributed by atoms with van der Waals surface area (Å²) in [6, 6.07) is 16.5. The second-order valence-electron chi connectivity index (χ2n) is 5.85. The van der Waals surface area contributed by atoms with E-state index < -0.39 is 5.91 Å². The fourth-order valence-electron chi connectivity index (χ4n) is 2.55. The zero-order chi connectivity index (χ0) is 20.2. The van der Waals surface area contributed by atoms with Crippen LogP contribution in [-0.2, 0) is 4.79 Å². The molecule has 1 amide bonds. The second-order valence-corrected chi connectivity index (χ2v) is 8.09. The molecule has 1 aromatic carbocycles. The summed E-state index contributed by atoms with van der Waals surface area (Å²) >= 11 is 8.88. The average Bonchev–Trinajstić information content (AvgIpc) is 3.47. The fourth-order valence-corrected chi connectivity index (χ4v) is 4.21. The van der Waals surface area contributed by atoms with Crippen LogP contribution in [0.1, 0.15) is 5.76 Å². The van der Waals surface area contributed by atoms with Gasteiger partial charge in [0.25, 0.3) is 5.91 Å². The molecule has 0 fully saturated rings. The smallest absolute Gasteiger partial charge is 0.268 e. The van der Waals surface area contributed by atoms with Crippen molar-refractivity contribution in [1.82, 2.24) is 4.98 Å². The summed E-state index contributed by atoms with van der Waals surface area (Å²) in [4.78, 5) is 17.9. The maximum atomic E-state index is 12.5. The van der Waals surface area contributed by atoms with Crippen molar-refractivity contribution >= 4 is 51.4 Å². The first-order chi connectivity index (χ1) is 14.1. The molecule has 0 atom stereocenters. The summed E-state index contributed by atoms with van der Waals surface area (Å²) < 4.78 is 5.73. The molecule has 29 heavy (non-hydrogen) atoms. The van der Waals surface area contributed by atoms with Crippen LogP contribution in [0.15, 0.2) is 69.3 Å². The van der Waals surface area contributed by atoms with Gasteiger partial charge >= 0.3 is 0 Å². The van der Waals surface area contributed by atoms with E-state index in [1.807, 2.05) is 41.1 Å². The summed E-state index contributed by atoms with van der Waals surface area (Å²) in [5.41, 5.74) is 1.52. The largest absolute Gasteiger partial charge is 0.457 e. The first-order valence-corrected chi connectivity index (χ1v) is 10.5. The van der Waals surface area contributed by atoms with Crippen LogP contribution in [0.3, 0.4) is 0 Å². The third kappa shape index (κ3) is 4.46. The molecule has 3 heterocycles. The molecule has 5 nitrogen and oxygen atoms in total. The number of nitrogens with one attached hydrogen (secondary N) is 1. The van der Waals surface area contributed by atoms with Gasteiger partial charge in [0.05, 0.1) is 10.6 Å². The Hall–Kier alpha value is -3.18. The van der Waals surface area contributed by atoms with E-state index in [2.05, 4.69) is 10.3 Å². The van der Waals surface area contributed by atoms with Crippen LogP contribution in [-0.4, -0.2) is 10.9 Å². The minimum Gasteiger partial charge on any atom is -0.457 e. The number of hydrogen-bond acceptors (Lipinski definition) is 6. The number of rotatable bonds is 5. The number of carbonyl (C=O) groups excluding carboxylic acids is 1. The Bertz CT molecular complexity index is 1230. The lowest BCUT2D eigenvalue weighted by atomic mass is 10.2. The number of amides is 1. The van der Waals surface area contributed by atoms with Crippen LogP contribution in [0, 0.1) is 11.3 Å². The number of anilines is 1. The molecule has 8 heteroatoms. The predicted octanol–water partition coefficient (Wildman–Crippen LogP) is 6.33. The number of aromatic nitrogens is 1. The molecule has 4 aromatic rings. The molecule has 3 aromatic heterocycles. The van der Waals surface area contributed by atoms with Gasteiger partial charge in [-0.25, -0.2) is 4.98 Å². The molecule has 4 rings (SSSR count). The third-order valence-electron chi connectivity index (χ3n) is 3.89. The van der Waals surface area contributed by atoms with Crippen LogP contribution in [0.2, 0.25) is 5.02 Å². The quantitative estimate of drug-likeness (QED) is 0.292. The molecule has 0 bridgehead atoms. The highest BCUT2D eigenvalue weighted by atomic mass is 35.5. The average molecular weight is 438 g/mol. The second kappa shape index (κ2) is 8.45. The SMILES string of the molecule is N#CC(=Cc1ccc(-c2cccc(Cl)c2)o1)C(=O)Nc1nc(-c2cccs2)cs1. The van der Waals surface area contributed by atoms with Crippen molar-refractivity contribution < 1.29 is 9.21 Å². The van der Waals surface area contributed by atoms with E-state index in [1.54, 1.807) is 35.6 Å². The van der Waals surface area contributed by atoms with Crippen LogP contribution in [0.5, 0.6) is 0 Å². The normalized spacial score (nSPS) is 11.2. The van der Waals surface area contributed by atoms with E-state index in [-0.39, 0.29) is 5.57 Å². The molecular formula is C21H12ClN3O2S2. The predicted molar refractivity (Wildman–Crippen MR) is 117 cm³/mol. The Kier molecular flexibility index (Phi) is 5.58. The van der Waals surface area contributed by atoms with Crippen molar-refractivity contribution in [2.45, 2.75) is 0 Å². The van der Waals surface area contributed by atoms with Gasteiger partial charge in [-0.1, -0.05) is 29.8 Å². The molecule has 1 N–H and O–H groups in total. The van der Waals surface area contributed by atoms with E-state index in [9.17, 15) is 10.1 Å². The summed E-state index contributed by atoms with van der Waals surface area (Å²) in [6.07, 6.45) is 1.40. The molecule has 0 aliphatic carbocycles. The zero-order valence-electron chi connectivity index (χ0n) is 14.8. The highest BCUT2D eigenvalue weighted by Gasteiger charge is 2.14. The minimum absolute atomic E-state index is 0.0788. The topological polar surface area (TPSA) is 78.9 Å². The van der Waals surface area contributed by atoms with Crippen LogP contribution in [0.25, 0.3) is 28.0 Å². The lowest BCUT2D eigenvalue weighted by Gasteiger charge is -1.99. The first kappa shape index (κ1) is 19.2. The van der Waals surface area contributed by atoms with Gasteiger partial charge in [0, 0.05) is 22.0 Å². The van der Waals surface area contributed by atoms with Crippen LogP contribution >= 0.6 is 34.3 Å². The maximum absolute atomic E-state index is 12.5. The summed E-state index contributed by atoms with van der Waals surface area (Å²) in [7, 11) is 0. The number of carbonyl (C=O) groups is 1. The minimum atomic E-state index is -0.541. The monoisotopic (exact) mass is 437 g/mol. The zero-order valence-corrected chi connectivity index (χ0v) is 17.1. The van der Waals surface area contributed by atoms with Gasteiger partial charge in [-0.15, -0.1) is 22.7 Å². The molecule has 0 saturated heterocycles. The third-order valence-corrected chi connectivity index (χ3v) is 5.77. The summed E-state index contributed by atoms with van der Waals surface area (Å²) in [6.45, 7) is 0. The molecular weight excluding hydrogens is 426 g/mol. The van der Waals surface area contributed by atoms with Crippen molar-refractivity contribution in [3.05, 3.63) is 75.6 Å². The number of benzene rings is 1. The molecule has 0 aliphatic heterocycles. The number of thiazole rings is 1. The fraction of sp³-hybridized carbons (Fsp3) is 0. The lowest BCUT2D eigenvalue weighted by molar-refractivity contribution is -0.112. The molecule has 0 saturated carbocycles. The number of thiophene rings is 1. The van der Waals surface area contributed by atoms with Crippen LogP contribution in [0.4, 0.5) is 5.13 Å².